The van der Waals surface area contributed by atoms with Gasteiger partial charge < -0.3 is 9.80 Å². The number of hydrogen-bond donors (Lipinski definition) is 0. The van der Waals surface area contributed by atoms with Crippen LogP contribution in [0.4, 0.5) is 5.95 Å². The van der Waals surface area contributed by atoms with Crippen LogP contribution in [0.2, 0.25) is 15.1 Å². The van der Waals surface area contributed by atoms with Crippen LogP contribution in [0.5, 0.6) is 0 Å². The van der Waals surface area contributed by atoms with Crippen LogP contribution in [0.15, 0.2) is 60.7 Å². The lowest BCUT2D eigenvalue weighted by atomic mass is 10.1. The molecule has 0 atom stereocenters. The minimum atomic E-state index is -0.0708. The Balaban J connectivity index is 1.41. The van der Waals surface area contributed by atoms with Gasteiger partial charge in [-0.05, 0) is 55.8 Å². The molecule has 5 aromatic rings. The van der Waals surface area contributed by atoms with Gasteiger partial charge in [0.2, 0.25) is 5.95 Å². The van der Waals surface area contributed by atoms with Crippen LogP contribution >= 0.6 is 34.8 Å². The van der Waals surface area contributed by atoms with E-state index in [1.165, 1.54) is 0 Å². The summed E-state index contributed by atoms with van der Waals surface area (Å²) in [4.78, 5) is 22.4. The van der Waals surface area contributed by atoms with Crippen LogP contribution in [0.25, 0.3) is 27.9 Å². The number of hydrogen-bond acceptors (Lipinski definition) is 5. The van der Waals surface area contributed by atoms with Crippen molar-refractivity contribution < 1.29 is 4.79 Å². The maximum atomic E-state index is 13.3. The van der Waals surface area contributed by atoms with Crippen molar-refractivity contribution in [2.75, 3.05) is 31.1 Å². The molecule has 0 spiro atoms. The summed E-state index contributed by atoms with van der Waals surface area (Å²) in [5.74, 6) is 1.37. The molecule has 1 aliphatic rings. The molecule has 3 aromatic carbocycles. The molecule has 0 aliphatic carbocycles. The lowest BCUT2D eigenvalue weighted by molar-refractivity contribution is 0.0767. The SMILES string of the molecule is Cc1cccc(-c2nnc3c4ccc(Cl)cc4nc(N4CCCN(C(=O)c5ccc(Cl)c(Cl)c5)CC4)n23)c1. The predicted octanol–water partition coefficient (Wildman–Crippen LogP) is 6.57. The summed E-state index contributed by atoms with van der Waals surface area (Å²) >= 11 is 18.5. The Labute approximate surface area is 234 Å². The summed E-state index contributed by atoms with van der Waals surface area (Å²) in [6, 6.07) is 18.8. The third kappa shape index (κ3) is 4.55. The summed E-state index contributed by atoms with van der Waals surface area (Å²) in [5.41, 5.74) is 4.07. The van der Waals surface area contributed by atoms with Crippen LogP contribution in [0, 0.1) is 6.92 Å². The Morgan fingerprint density at radius 3 is 2.55 bits per heavy atom. The summed E-state index contributed by atoms with van der Waals surface area (Å²) < 4.78 is 2.02. The number of amides is 1. The first-order valence-corrected chi connectivity index (χ1v) is 13.4. The van der Waals surface area contributed by atoms with Gasteiger partial charge in [-0.25, -0.2) is 9.38 Å². The van der Waals surface area contributed by atoms with E-state index in [0.717, 1.165) is 40.2 Å². The van der Waals surface area contributed by atoms with Crippen molar-refractivity contribution in [3.05, 3.63) is 86.9 Å². The molecule has 6 rings (SSSR count). The summed E-state index contributed by atoms with van der Waals surface area (Å²) in [5, 5.41) is 11.4. The van der Waals surface area contributed by atoms with Gasteiger partial charge in [-0.1, -0.05) is 58.6 Å². The van der Waals surface area contributed by atoms with Gasteiger partial charge in [-0.15, -0.1) is 10.2 Å². The van der Waals surface area contributed by atoms with Crippen molar-refractivity contribution in [2.24, 2.45) is 0 Å². The van der Waals surface area contributed by atoms with Crippen molar-refractivity contribution in [1.29, 1.82) is 0 Å². The topological polar surface area (TPSA) is 66.6 Å². The summed E-state index contributed by atoms with van der Waals surface area (Å²) in [6.07, 6.45) is 0.770. The molecule has 0 bridgehead atoms. The fraction of sp³-hybridized carbons (Fsp3) is 0.214. The number of fused-ring (bicyclic) bond motifs is 3. The second-order valence-electron chi connectivity index (χ2n) is 9.39. The molecule has 192 valence electrons. The molecule has 1 amide bonds. The highest BCUT2D eigenvalue weighted by molar-refractivity contribution is 6.42. The van der Waals surface area contributed by atoms with Gasteiger partial charge in [0.1, 0.15) is 0 Å². The first kappa shape index (κ1) is 24.9. The smallest absolute Gasteiger partial charge is 0.253 e. The van der Waals surface area contributed by atoms with E-state index >= 15 is 0 Å². The van der Waals surface area contributed by atoms with E-state index in [4.69, 9.17) is 39.8 Å². The fourth-order valence-corrected chi connectivity index (χ4v) is 5.37. The average molecular weight is 566 g/mol. The largest absolute Gasteiger partial charge is 0.340 e. The zero-order valence-corrected chi connectivity index (χ0v) is 22.8. The highest BCUT2D eigenvalue weighted by Crippen LogP contribution is 2.31. The minimum absolute atomic E-state index is 0.0708. The second kappa shape index (κ2) is 10.1. The quantitative estimate of drug-likeness (QED) is 0.248. The van der Waals surface area contributed by atoms with E-state index in [9.17, 15) is 4.79 Å². The van der Waals surface area contributed by atoms with E-state index < -0.39 is 0 Å². The third-order valence-corrected chi connectivity index (χ3v) is 7.77. The maximum absolute atomic E-state index is 13.3. The zero-order valence-electron chi connectivity index (χ0n) is 20.5. The number of benzene rings is 3. The highest BCUT2D eigenvalue weighted by Gasteiger charge is 2.25. The molecular formula is C28H23Cl3N6O. The maximum Gasteiger partial charge on any atom is 0.253 e. The molecule has 0 radical (unpaired) electrons. The van der Waals surface area contributed by atoms with Gasteiger partial charge in [-0.3, -0.25) is 4.79 Å². The Morgan fingerprint density at radius 2 is 1.74 bits per heavy atom. The van der Waals surface area contributed by atoms with Crippen LogP contribution < -0.4 is 4.90 Å². The summed E-state index contributed by atoms with van der Waals surface area (Å²) in [6.45, 7) is 4.50. The normalized spacial score (nSPS) is 14.3. The first-order valence-electron chi connectivity index (χ1n) is 12.3. The Bertz CT molecular complexity index is 1700. The number of carbonyl (C=O) groups is 1. The lowest BCUT2D eigenvalue weighted by Gasteiger charge is -2.24. The van der Waals surface area contributed by atoms with Gasteiger partial charge >= 0.3 is 0 Å². The Morgan fingerprint density at radius 1 is 0.868 bits per heavy atom. The van der Waals surface area contributed by atoms with Crippen LogP contribution in [-0.2, 0) is 0 Å². The molecule has 0 unspecified atom stereocenters. The molecule has 38 heavy (non-hydrogen) atoms. The van der Waals surface area contributed by atoms with Crippen molar-refractivity contribution in [3.8, 4) is 11.4 Å². The second-order valence-corrected chi connectivity index (χ2v) is 10.6. The molecule has 3 heterocycles. The lowest BCUT2D eigenvalue weighted by Crippen LogP contribution is -2.36. The van der Waals surface area contributed by atoms with Crippen LogP contribution in [0.1, 0.15) is 22.3 Å². The standard InChI is InChI=1S/C28H23Cl3N6O/c1-17-4-2-5-18(14-17)25-33-34-26-21-8-7-20(29)16-24(21)32-28(37(25)26)36-11-3-10-35(12-13-36)27(38)19-6-9-22(30)23(31)15-19/h2,4-9,14-16H,3,10-13H2,1H3. The highest BCUT2D eigenvalue weighted by atomic mass is 35.5. The van der Waals surface area contributed by atoms with Crippen LogP contribution in [0.3, 0.4) is 0 Å². The molecule has 10 heteroatoms. The summed E-state index contributed by atoms with van der Waals surface area (Å²) in [7, 11) is 0. The van der Waals surface area contributed by atoms with Gasteiger partial charge in [-0.2, -0.15) is 0 Å². The van der Waals surface area contributed by atoms with Gasteiger partial charge in [0, 0.05) is 47.7 Å². The van der Waals surface area contributed by atoms with Gasteiger partial charge in [0.15, 0.2) is 11.5 Å². The van der Waals surface area contributed by atoms with E-state index in [1.807, 2.05) is 39.6 Å². The number of aromatic nitrogens is 4. The number of carbonyl (C=O) groups excluding carboxylic acids is 1. The van der Waals surface area contributed by atoms with Crippen LogP contribution in [-0.4, -0.2) is 56.6 Å². The van der Waals surface area contributed by atoms with E-state index in [-0.39, 0.29) is 5.91 Å². The molecule has 1 saturated heterocycles. The Hall–Kier alpha value is -3.39. The fourth-order valence-electron chi connectivity index (χ4n) is 4.91. The Kier molecular flexibility index (Phi) is 6.60. The van der Waals surface area contributed by atoms with Crippen molar-refractivity contribution >= 4 is 63.2 Å². The predicted molar refractivity (Wildman–Crippen MR) is 153 cm³/mol. The van der Waals surface area contributed by atoms with E-state index in [0.29, 0.717) is 52.5 Å². The van der Waals surface area contributed by atoms with E-state index in [2.05, 4.69) is 34.2 Å². The average Bonchev–Trinajstić information content (AvgIpc) is 3.20. The number of rotatable bonds is 3. The van der Waals surface area contributed by atoms with Crippen molar-refractivity contribution in [2.45, 2.75) is 13.3 Å². The first-order chi connectivity index (χ1) is 18.4. The van der Waals surface area contributed by atoms with Crippen molar-refractivity contribution in [1.82, 2.24) is 24.5 Å². The third-order valence-electron chi connectivity index (χ3n) is 6.79. The van der Waals surface area contributed by atoms with E-state index in [1.54, 1.807) is 18.2 Å². The molecule has 2 aromatic heterocycles. The number of halogens is 3. The molecule has 1 fully saturated rings. The number of aryl methyl sites for hydroxylation is 1. The molecule has 0 saturated carbocycles. The minimum Gasteiger partial charge on any atom is -0.340 e. The molecule has 7 nitrogen and oxygen atoms in total. The zero-order chi connectivity index (χ0) is 26.4. The molecule has 1 aliphatic heterocycles. The number of anilines is 1. The van der Waals surface area contributed by atoms with Gasteiger partial charge in [0.25, 0.3) is 5.91 Å². The molecular weight excluding hydrogens is 543 g/mol. The van der Waals surface area contributed by atoms with Crippen molar-refractivity contribution in [3.63, 3.8) is 0 Å². The number of nitrogens with zero attached hydrogens (tertiary/aromatic N) is 6. The van der Waals surface area contributed by atoms with Gasteiger partial charge in [0.05, 0.1) is 15.6 Å². The monoisotopic (exact) mass is 564 g/mol. The molecule has 0 N–H and O–H groups in total.